The molecule has 4 rings (SSSR count). The van der Waals surface area contributed by atoms with E-state index in [1.54, 1.807) is 10.6 Å². The number of anilines is 1. The quantitative estimate of drug-likeness (QED) is 0.568. The van der Waals surface area contributed by atoms with Crippen LogP contribution in [0.1, 0.15) is 12.8 Å². The third kappa shape index (κ3) is 5.58. The van der Waals surface area contributed by atoms with E-state index >= 15 is 0 Å². The molecule has 162 valence electrons. The number of halogens is 2. The number of piperidine rings is 1. The summed E-state index contributed by atoms with van der Waals surface area (Å²) in [6, 6.07) is 12.2. The van der Waals surface area contributed by atoms with Crippen LogP contribution in [-0.2, 0) is 6.54 Å². The summed E-state index contributed by atoms with van der Waals surface area (Å²) in [5.41, 5.74) is 1.90. The van der Waals surface area contributed by atoms with Crippen molar-refractivity contribution in [3.63, 3.8) is 0 Å². The third-order valence-corrected chi connectivity index (χ3v) is 5.94. The molecule has 0 amide bonds. The summed E-state index contributed by atoms with van der Waals surface area (Å²) in [5.74, 6) is -0.443. The van der Waals surface area contributed by atoms with Gasteiger partial charge in [-0.05, 0) is 55.4 Å². The van der Waals surface area contributed by atoms with E-state index in [1.165, 1.54) is 18.3 Å². The molecule has 1 fully saturated rings. The first-order valence-corrected chi connectivity index (χ1v) is 11.0. The van der Waals surface area contributed by atoms with E-state index in [9.17, 15) is 9.18 Å². The van der Waals surface area contributed by atoms with E-state index in [0.717, 1.165) is 38.2 Å². The van der Waals surface area contributed by atoms with E-state index in [-0.39, 0.29) is 5.56 Å². The van der Waals surface area contributed by atoms with Crippen LogP contribution in [0.4, 0.5) is 10.1 Å². The number of benzene rings is 1. The molecule has 2 aromatic heterocycles. The SMILES string of the molecule is O=c1ccc2ncc(F)cc2n1CCN1CCC(NC(=S)Nc2ccc(Cl)cc2)CC1. The lowest BCUT2D eigenvalue weighted by molar-refractivity contribution is 0.200. The van der Waals surface area contributed by atoms with Crippen molar-refractivity contribution in [2.45, 2.75) is 25.4 Å². The van der Waals surface area contributed by atoms with Gasteiger partial charge < -0.3 is 20.1 Å². The average molecular weight is 460 g/mol. The summed E-state index contributed by atoms with van der Waals surface area (Å²) in [5, 5.41) is 7.83. The molecule has 3 aromatic rings. The summed E-state index contributed by atoms with van der Waals surface area (Å²) in [6.07, 6.45) is 3.06. The Morgan fingerprint density at radius 1 is 1.16 bits per heavy atom. The monoisotopic (exact) mass is 459 g/mol. The Bertz CT molecular complexity index is 1130. The van der Waals surface area contributed by atoms with E-state index in [0.29, 0.717) is 33.8 Å². The van der Waals surface area contributed by atoms with Gasteiger partial charge in [-0.25, -0.2) is 4.39 Å². The molecule has 1 aromatic carbocycles. The zero-order chi connectivity index (χ0) is 21.8. The van der Waals surface area contributed by atoms with Crippen molar-refractivity contribution >= 4 is 45.7 Å². The van der Waals surface area contributed by atoms with Crippen LogP contribution in [-0.4, -0.2) is 45.2 Å². The zero-order valence-electron chi connectivity index (χ0n) is 16.9. The van der Waals surface area contributed by atoms with Gasteiger partial charge in [0.2, 0.25) is 0 Å². The summed E-state index contributed by atoms with van der Waals surface area (Å²) in [6.45, 7) is 3.01. The van der Waals surface area contributed by atoms with Crippen LogP contribution >= 0.6 is 23.8 Å². The van der Waals surface area contributed by atoms with Gasteiger partial charge >= 0.3 is 0 Å². The molecule has 0 radical (unpaired) electrons. The first-order chi connectivity index (χ1) is 15.0. The number of hydrogen-bond donors (Lipinski definition) is 2. The number of aromatic nitrogens is 2. The molecule has 1 aliphatic rings. The Balaban J connectivity index is 1.28. The lowest BCUT2D eigenvalue weighted by Gasteiger charge is -2.33. The Morgan fingerprint density at radius 3 is 2.65 bits per heavy atom. The Morgan fingerprint density at radius 2 is 1.90 bits per heavy atom. The Hall–Kier alpha value is -2.55. The molecule has 0 spiro atoms. The third-order valence-electron chi connectivity index (χ3n) is 5.47. The molecule has 9 heteroatoms. The second-order valence-corrected chi connectivity index (χ2v) is 8.45. The summed E-state index contributed by atoms with van der Waals surface area (Å²) >= 11 is 11.3. The van der Waals surface area contributed by atoms with E-state index in [4.69, 9.17) is 23.8 Å². The lowest BCUT2D eigenvalue weighted by Crippen LogP contribution is -2.46. The number of thiocarbonyl (C=S) groups is 1. The smallest absolute Gasteiger partial charge is 0.251 e. The number of nitrogens with zero attached hydrogens (tertiary/aromatic N) is 3. The Labute approximate surface area is 190 Å². The lowest BCUT2D eigenvalue weighted by atomic mass is 10.1. The van der Waals surface area contributed by atoms with E-state index in [1.807, 2.05) is 24.3 Å². The van der Waals surface area contributed by atoms with Crippen molar-refractivity contribution in [3.8, 4) is 0 Å². The number of likely N-dealkylation sites (tertiary alicyclic amines) is 1. The predicted molar refractivity (Wildman–Crippen MR) is 126 cm³/mol. The van der Waals surface area contributed by atoms with Gasteiger partial charge in [0.05, 0.1) is 17.2 Å². The van der Waals surface area contributed by atoms with Crippen LogP contribution in [0.2, 0.25) is 5.02 Å². The highest BCUT2D eigenvalue weighted by molar-refractivity contribution is 7.80. The van der Waals surface area contributed by atoms with Crippen molar-refractivity contribution in [2.75, 3.05) is 25.0 Å². The van der Waals surface area contributed by atoms with Gasteiger partial charge in [-0.1, -0.05) is 11.6 Å². The molecule has 1 aliphatic heterocycles. The maximum atomic E-state index is 13.6. The van der Waals surface area contributed by atoms with Crippen molar-refractivity contribution in [3.05, 3.63) is 69.9 Å². The van der Waals surface area contributed by atoms with Crippen molar-refractivity contribution in [2.24, 2.45) is 0 Å². The molecule has 0 unspecified atom stereocenters. The molecule has 31 heavy (non-hydrogen) atoms. The molecule has 3 heterocycles. The molecular formula is C22H23ClFN5OS. The van der Waals surface area contributed by atoms with Crippen molar-refractivity contribution in [1.82, 2.24) is 19.8 Å². The van der Waals surface area contributed by atoms with Crippen LogP contribution < -0.4 is 16.2 Å². The van der Waals surface area contributed by atoms with Crippen molar-refractivity contribution < 1.29 is 4.39 Å². The Kier molecular flexibility index (Phi) is 6.80. The maximum absolute atomic E-state index is 13.6. The topological polar surface area (TPSA) is 62.2 Å². The van der Waals surface area contributed by atoms with Crippen molar-refractivity contribution in [1.29, 1.82) is 0 Å². The minimum absolute atomic E-state index is 0.143. The first-order valence-electron chi connectivity index (χ1n) is 10.2. The fraction of sp³-hybridized carbons (Fsp3) is 0.318. The van der Waals surface area contributed by atoms with Gasteiger partial charge in [-0.15, -0.1) is 0 Å². The van der Waals surface area contributed by atoms with Crippen LogP contribution in [0.5, 0.6) is 0 Å². The highest BCUT2D eigenvalue weighted by Crippen LogP contribution is 2.15. The van der Waals surface area contributed by atoms with Crippen LogP contribution in [0.15, 0.2) is 53.5 Å². The molecule has 1 saturated heterocycles. The van der Waals surface area contributed by atoms with Crippen LogP contribution in [0, 0.1) is 5.82 Å². The van der Waals surface area contributed by atoms with E-state index < -0.39 is 5.82 Å². The number of hydrogen-bond acceptors (Lipinski definition) is 4. The average Bonchev–Trinajstić information content (AvgIpc) is 2.76. The van der Waals surface area contributed by atoms with Gasteiger partial charge in [-0.3, -0.25) is 9.78 Å². The van der Waals surface area contributed by atoms with E-state index in [2.05, 4.69) is 20.5 Å². The maximum Gasteiger partial charge on any atom is 0.251 e. The first kappa shape index (κ1) is 21.7. The van der Waals surface area contributed by atoms with Gasteiger partial charge in [0.25, 0.3) is 5.56 Å². The normalized spacial score (nSPS) is 15.2. The molecule has 6 nitrogen and oxygen atoms in total. The zero-order valence-corrected chi connectivity index (χ0v) is 18.4. The van der Waals surface area contributed by atoms with Gasteiger partial charge in [-0.2, -0.15) is 0 Å². The highest BCUT2D eigenvalue weighted by atomic mass is 35.5. The largest absolute Gasteiger partial charge is 0.360 e. The summed E-state index contributed by atoms with van der Waals surface area (Å²) in [7, 11) is 0. The molecule has 2 N–H and O–H groups in total. The minimum atomic E-state index is -0.443. The molecule has 0 aliphatic carbocycles. The van der Waals surface area contributed by atoms with Gasteiger partial charge in [0.1, 0.15) is 5.82 Å². The van der Waals surface area contributed by atoms with Gasteiger partial charge in [0, 0.05) is 55.1 Å². The molecule has 0 bridgehead atoms. The van der Waals surface area contributed by atoms with Crippen LogP contribution in [0.25, 0.3) is 11.0 Å². The number of rotatable bonds is 5. The number of fused-ring (bicyclic) bond motifs is 1. The minimum Gasteiger partial charge on any atom is -0.360 e. The summed E-state index contributed by atoms with van der Waals surface area (Å²) in [4.78, 5) is 18.7. The standard InChI is InChI=1S/C22H23ClFN5OS/c23-15-1-3-17(4-2-15)26-22(31)27-18-7-9-28(10-8-18)11-12-29-20-13-16(24)14-25-19(20)5-6-21(29)30/h1-6,13-14,18H,7-12H2,(H2,26,27,31). The van der Waals surface area contributed by atoms with Crippen LogP contribution in [0.3, 0.4) is 0 Å². The molecule has 0 atom stereocenters. The number of pyridine rings is 2. The van der Waals surface area contributed by atoms with Gasteiger partial charge in [0.15, 0.2) is 5.11 Å². The molecular weight excluding hydrogens is 437 g/mol. The summed E-state index contributed by atoms with van der Waals surface area (Å²) < 4.78 is 15.2. The second-order valence-electron chi connectivity index (χ2n) is 7.60. The number of nitrogens with one attached hydrogen (secondary N) is 2. The molecule has 0 saturated carbocycles. The highest BCUT2D eigenvalue weighted by Gasteiger charge is 2.20. The second kappa shape index (κ2) is 9.72. The predicted octanol–water partition coefficient (Wildman–Crippen LogP) is 3.64. The fourth-order valence-electron chi connectivity index (χ4n) is 3.80. The fourth-order valence-corrected chi connectivity index (χ4v) is 4.21.